The molecule has 32 heavy (non-hydrogen) atoms. The van der Waals surface area contributed by atoms with E-state index in [9.17, 15) is 4.79 Å². The van der Waals surface area contributed by atoms with E-state index >= 15 is 0 Å². The van der Waals surface area contributed by atoms with Crippen molar-refractivity contribution in [2.75, 3.05) is 7.11 Å². The van der Waals surface area contributed by atoms with Crippen LogP contribution < -0.4 is 9.47 Å². The Hall–Kier alpha value is -4.44. The molecule has 3 aromatic carbocycles. The van der Waals surface area contributed by atoms with Crippen molar-refractivity contribution < 1.29 is 18.8 Å². The lowest BCUT2D eigenvalue weighted by atomic mass is 9.96. The van der Waals surface area contributed by atoms with Crippen LogP contribution in [0.3, 0.4) is 0 Å². The molecule has 7 heteroatoms. The van der Waals surface area contributed by atoms with Gasteiger partial charge in [0.25, 0.3) is 0 Å². The molecule has 0 bridgehead atoms. The zero-order valence-electron chi connectivity index (χ0n) is 17.5. The molecule has 1 aromatic heterocycles. The summed E-state index contributed by atoms with van der Waals surface area (Å²) < 4.78 is 16.6. The summed E-state index contributed by atoms with van der Waals surface area (Å²) in [6.45, 7) is 1.98. The van der Waals surface area contributed by atoms with Crippen molar-refractivity contribution in [2.24, 2.45) is 0 Å². The highest BCUT2D eigenvalue weighted by molar-refractivity contribution is 6.13. The molecule has 1 heterocycles. The Kier molecular flexibility index (Phi) is 5.95. The Labute approximate surface area is 184 Å². The van der Waals surface area contributed by atoms with Gasteiger partial charge in [-0.2, -0.15) is 10.2 Å². The van der Waals surface area contributed by atoms with Gasteiger partial charge in [-0.05, 0) is 42.0 Å². The molecule has 0 unspecified atom stereocenters. The molecule has 0 aliphatic rings. The number of aromatic nitrogens is 2. The fraction of sp³-hybridized carbons (Fsp3) is 0.120. The number of carbonyl (C=O) groups is 1. The zero-order valence-corrected chi connectivity index (χ0v) is 17.5. The second kappa shape index (κ2) is 9.14. The molecular formula is C25H19N3O4. The number of ether oxygens (including phenoxy) is 2. The van der Waals surface area contributed by atoms with Crippen LogP contribution in [0.4, 0.5) is 0 Å². The molecule has 4 rings (SSSR count). The van der Waals surface area contributed by atoms with Crippen molar-refractivity contribution >= 4 is 5.78 Å². The predicted molar refractivity (Wildman–Crippen MR) is 116 cm³/mol. The minimum atomic E-state index is -0.265. The normalized spacial score (nSPS) is 10.4. The quantitative estimate of drug-likeness (QED) is 0.395. The van der Waals surface area contributed by atoms with Gasteiger partial charge in [0.15, 0.2) is 17.3 Å². The molecular weight excluding hydrogens is 406 g/mol. The number of methoxy groups -OCH3 is 1. The third-order valence-electron chi connectivity index (χ3n) is 4.83. The van der Waals surface area contributed by atoms with Gasteiger partial charge < -0.3 is 14.0 Å². The van der Waals surface area contributed by atoms with Crippen LogP contribution in [-0.2, 0) is 6.61 Å². The van der Waals surface area contributed by atoms with Crippen molar-refractivity contribution in [1.82, 2.24) is 10.1 Å². The van der Waals surface area contributed by atoms with E-state index in [0.29, 0.717) is 46.3 Å². The van der Waals surface area contributed by atoms with Crippen LogP contribution in [0.2, 0.25) is 0 Å². The van der Waals surface area contributed by atoms with Crippen LogP contribution in [0.5, 0.6) is 11.5 Å². The van der Waals surface area contributed by atoms with Gasteiger partial charge in [-0.25, -0.2) is 0 Å². The molecule has 0 atom stereocenters. The van der Waals surface area contributed by atoms with Crippen LogP contribution in [-0.4, -0.2) is 23.0 Å². The summed E-state index contributed by atoms with van der Waals surface area (Å²) in [4.78, 5) is 17.7. The minimum absolute atomic E-state index is 0.265. The first-order valence-electron chi connectivity index (χ1n) is 9.83. The molecule has 0 radical (unpaired) electrons. The first-order valence-corrected chi connectivity index (χ1v) is 9.83. The average molecular weight is 425 g/mol. The minimum Gasteiger partial charge on any atom is -0.493 e. The van der Waals surface area contributed by atoms with Gasteiger partial charge in [-0.1, -0.05) is 35.5 Å². The molecule has 7 nitrogen and oxygen atoms in total. The van der Waals surface area contributed by atoms with Gasteiger partial charge >= 0.3 is 0 Å². The van der Waals surface area contributed by atoms with Crippen LogP contribution in [0.25, 0.3) is 11.4 Å². The van der Waals surface area contributed by atoms with E-state index in [4.69, 9.17) is 19.3 Å². The second-order valence-corrected chi connectivity index (χ2v) is 6.98. The van der Waals surface area contributed by atoms with Crippen molar-refractivity contribution in [1.29, 1.82) is 5.26 Å². The monoisotopic (exact) mass is 425 g/mol. The molecule has 0 fully saturated rings. The standard InChI is InChI=1S/C25H19N3O4/c1-16-27-25(28-32-16)21-13-22(30-2)23(31-15-18-6-4-3-5-7-18)12-20(21)24(29)19-10-8-17(14-26)9-11-19/h3-13H,15H2,1-2H3. The van der Waals surface area contributed by atoms with Gasteiger partial charge in [0.1, 0.15) is 6.61 Å². The number of nitriles is 1. The summed E-state index contributed by atoms with van der Waals surface area (Å²) in [6, 6.07) is 21.5. The Morgan fingerprint density at radius 1 is 1.06 bits per heavy atom. The van der Waals surface area contributed by atoms with Crippen molar-refractivity contribution in [3.63, 3.8) is 0 Å². The second-order valence-electron chi connectivity index (χ2n) is 6.98. The Morgan fingerprint density at radius 3 is 2.44 bits per heavy atom. The lowest BCUT2D eigenvalue weighted by Gasteiger charge is -2.15. The Morgan fingerprint density at radius 2 is 1.81 bits per heavy atom. The van der Waals surface area contributed by atoms with Gasteiger partial charge in [0.2, 0.25) is 11.7 Å². The van der Waals surface area contributed by atoms with Gasteiger partial charge in [-0.3, -0.25) is 4.79 Å². The highest BCUT2D eigenvalue weighted by Crippen LogP contribution is 2.36. The van der Waals surface area contributed by atoms with Gasteiger partial charge in [0, 0.05) is 23.6 Å². The van der Waals surface area contributed by atoms with Crippen LogP contribution in [0.15, 0.2) is 71.3 Å². The summed E-state index contributed by atoms with van der Waals surface area (Å²) in [5, 5.41) is 13.0. The summed E-state index contributed by atoms with van der Waals surface area (Å²) >= 11 is 0. The number of carbonyl (C=O) groups excluding carboxylic acids is 1. The molecule has 0 saturated heterocycles. The average Bonchev–Trinajstić information content (AvgIpc) is 3.28. The SMILES string of the molecule is COc1cc(-c2noc(C)n2)c(C(=O)c2ccc(C#N)cc2)cc1OCc1ccccc1. The zero-order chi connectivity index (χ0) is 22.5. The number of nitrogens with zero attached hydrogens (tertiary/aromatic N) is 3. The number of aryl methyl sites for hydroxylation is 1. The summed E-state index contributed by atoms with van der Waals surface area (Å²) in [6.07, 6.45) is 0. The summed E-state index contributed by atoms with van der Waals surface area (Å²) in [7, 11) is 1.53. The van der Waals surface area contributed by atoms with E-state index in [-0.39, 0.29) is 11.6 Å². The molecule has 0 aliphatic heterocycles. The largest absolute Gasteiger partial charge is 0.493 e. The topological polar surface area (TPSA) is 98.2 Å². The number of hydrogen-bond acceptors (Lipinski definition) is 7. The lowest BCUT2D eigenvalue weighted by molar-refractivity contribution is 0.103. The smallest absolute Gasteiger partial charge is 0.223 e. The van der Waals surface area contributed by atoms with E-state index in [0.717, 1.165) is 5.56 Å². The molecule has 0 aliphatic carbocycles. The van der Waals surface area contributed by atoms with E-state index in [2.05, 4.69) is 10.1 Å². The number of benzene rings is 3. The molecule has 0 N–H and O–H groups in total. The highest BCUT2D eigenvalue weighted by Gasteiger charge is 2.22. The Bertz CT molecular complexity index is 1290. The van der Waals surface area contributed by atoms with Crippen LogP contribution >= 0.6 is 0 Å². The summed E-state index contributed by atoms with van der Waals surface area (Å²) in [5.74, 6) is 1.23. The number of rotatable bonds is 7. The van der Waals surface area contributed by atoms with E-state index in [1.54, 1.807) is 43.3 Å². The first kappa shape index (κ1) is 20.8. The molecule has 0 spiro atoms. The van der Waals surface area contributed by atoms with Crippen LogP contribution in [0.1, 0.15) is 32.9 Å². The molecule has 0 amide bonds. The maximum absolute atomic E-state index is 13.4. The molecule has 0 saturated carbocycles. The number of ketones is 1. The van der Waals surface area contributed by atoms with Crippen molar-refractivity contribution in [3.8, 4) is 29.0 Å². The van der Waals surface area contributed by atoms with Gasteiger partial charge in [0.05, 0.1) is 18.7 Å². The Balaban J connectivity index is 1.78. The fourth-order valence-corrected chi connectivity index (χ4v) is 3.20. The summed E-state index contributed by atoms with van der Waals surface area (Å²) in [5.41, 5.74) is 2.66. The third kappa shape index (κ3) is 4.35. The predicted octanol–water partition coefficient (Wildman–Crippen LogP) is 4.74. The molecule has 4 aromatic rings. The maximum Gasteiger partial charge on any atom is 0.223 e. The van der Waals surface area contributed by atoms with Gasteiger partial charge in [-0.15, -0.1) is 0 Å². The number of hydrogen-bond donors (Lipinski definition) is 0. The van der Waals surface area contributed by atoms with Crippen molar-refractivity contribution in [2.45, 2.75) is 13.5 Å². The van der Waals surface area contributed by atoms with Crippen molar-refractivity contribution in [3.05, 3.63) is 94.9 Å². The van der Waals surface area contributed by atoms with E-state index in [1.807, 2.05) is 36.4 Å². The highest BCUT2D eigenvalue weighted by atomic mass is 16.5. The fourth-order valence-electron chi connectivity index (χ4n) is 3.20. The van der Waals surface area contributed by atoms with E-state index < -0.39 is 0 Å². The van der Waals surface area contributed by atoms with Crippen LogP contribution in [0, 0.1) is 18.3 Å². The first-order chi connectivity index (χ1) is 15.6. The third-order valence-corrected chi connectivity index (χ3v) is 4.83. The molecule has 158 valence electrons. The lowest BCUT2D eigenvalue weighted by Crippen LogP contribution is -2.07. The maximum atomic E-state index is 13.4. The van der Waals surface area contributed by atoms with E-state index in [1.165, 1.54) is 7.11 Å².